The minimum Gasteiger partial charge on any atom is -0.493 e. The van der Waals surface area contributed by atoms with E-state index in [1.807, 2.05) is 19.2 Å². The molecule has 6 heteroatoms. The lowest BCUT2D eigenvalue weighted by molar-refractivity contribution is 0.267. The van der Waals surface area contributed by atoms with Crippen LogP contribution < -0.4 is 30.0 Å². The van der Waals surface area contributed by atoms with Crippen LogP contribution in [0.25, 0.3) is 0 Å². The summed E-state index contributed by atoms with van der Waals surface area (Å²) in [4.78, 5) is 0. The molecule has 2 aromatic carbocycles. The van der Waals surface area contributed by atoms with Crippen LogP contribution in [0.2, 0.25) is 0 Å². The molecule has 3 N–H and O–H groups in total. The first-order chi connectivity index (χ1) is 15.9. The third-order valence-electron chi connectivity index (χ3n) is 7.00. The first kappa shape index (κ1) is 26.8. The summed E-state index contributed by atoms with van der Waals surface area (Å²) < 4.78 is 21.8. The van der Waals surface area contributed by atoms with Gasteiger partial charge in [-0.2, -0.15) is 0 Å². The quantitative estimate of drug-likeness (QED) is 0.432. The van der Waals surface area contributed by atoms with Crippen LogP contribution in [0.4, 0.5) is 0 Å². The SMILES string of the molecule is CNC(CCc1ccc(OC)c(OC)c1)CCC(CN)(c1ccc(OC)c(OC)c1)C(C)C. The van der Waals surface area contributed by atoms with E-state index in [9.17, 15) is 0 Å². The first-order valence-corrected chi connectivity index (χ1v) is 11.7. The number of hydrogen-bond acceptors (Lipinski definition) is 6. The molecular formula is C27H42N2O4. The maximum absolute atomic E-state index is 6.44. The lowest BCUT2D eigenvalue weighted by Gasteiger charge is -2.39. The summed E-state index contributed by atoms with van der Waals surface area (Å²) in [6, 6.07) is 12.7. The highest BCUT2D eigenvalue weighted by Crippen LogP contribution is 2.40. The van der Waals surface area contributed by atoms with Crippen LogP contribution in [-0.2, 0) is 11.8 Å². The maximum atomic E-state index is 6.44. The van der Waals surface area contributed by atoms with Crippen LogP contribution in [0.5, 0.6) is 23.0 Å². The lowest BCUT2D eigenvalue weighted by Crippen LogP contribution is -2.42. The van der Waals surface area contributed by atoms with E-state index in [1.165, 1.54) is 11.1 Å². The van der Waals surface area contributed by atoms with Gasteiger partial charge in [-0.3, -0.25) is 0 Å². The van der Waals surface area contributed by atoms with Crippen molar-refractivity contribution in [2.45, 2.75) is 51.0 Å². The number of aryl methyl sites for hydroxylation is 1. The smallest absolute Gasteiger partial charge is 0.161 e. The fourth-order valence-electron chi connectivity index (χ4n) is 4.61. The van der Waals surface area contributed by atoms with Gasteiger partial charge in [-0.15, -0.1) is 0 Å². The highest BCUT2D eigenvalue weighted by atomic mass is 16.5. The van der Waals surface area contributed by atoms with E-state index in [0.29, 0.717) is 18.5 Å². The predicted molar refractivity (Wildman–Crippen MR) is 135 cm³/mol. The van der Waals surface area contributed by atoms with Gasteiger partial charge in [0.05, 0.1) is 28.4 Å². The Morgan fingerprint density at radius 1 is 0.818 bits per heavy atom. The average molecular weight is 459 g/mol. The topological polar surface area (TPSA) is 75.0 Å². The van der Waals surface area contributed by atoms with E-state index in [4.69, 9.17) is 24.7 Å². The van der Waals surface area contributed by atoms with Crippen LogP contribution in [0.1, 0.15) is 44.2 Å². The fraction of sp³-hybridized carbons (Fsp3) is 0.556. The van der Waals surface area contributed by atoms with Crippen LogP contribution in [-0.4, -0.2) is 48.1 Å². The zero-order chi connectivity index (χ0) is 24.4. The number of benzene rings is 2. The summed E-state index contributed by atoms with van der Waals surface area (Å²) in [5.41, 5.74) is 8.73. The van der Waals surface area contributed by atoms with Crippen molar-refractivity contribution in [3.05, 3.63) is 47.5 Å². The Kier molecular flexibility index (Phi) is 10.3. The molecule has 0 saturated carbocycles. The molecule has 6 nitrogen and oxygen atoms in total. The monoisotopic (exact) mass is 458 g/mol. The molecule has 33 heavy (non-hydrogen) atoms. The molecule has 0 radical (unpaired) electrons. The van der Waals surface area contributed by atoms with Crippen molar-refractivity contribution >= 4 is 0 Å². The second kappa shape index (κ2) is 12.7. The van der Waals surface area contributed by atoms with Crippen molar-refractivity contribution in [1.82, 2.24) is 5.32 Å². The van der Waals surface area contributed by atoms with Gasteiger partial charge in [-0.05, 0) is 74.0 Å². The summed E-state index contributed by atoms with van der Waals surface area (Å²) in [6.45, 7) is 5.08. The van der Waals surface area contributed by atoms with Crippen molar-refractivity contribution in [3.8, 4) is 23.0 Å². The van der Waals surface area contributed by atoms with Crippen molar-refractivity contribution in [1.29, 1.82) is 0 Å². The van der Waals surface area contributed by atoms with Gasteiger partial charge in [0.15, 0.2) is 23.0 Å². The van der Waals surface area contributed by atoms with E-state index in [0.717, 1.165) is 48.7 Å². The molecule has 0 heterocycles. The van der Waals surface area contributed by atoms with Crippen LogP contribution in [0.3, 0.4) is 0 Å². The first-order valence-electron chi connectivity index (χ1n) is 11.7. The molecule has 0 aromatic heterocycles. The molecule has 0 aliphatic heterocycles. The molecule has 0 spiro atoms. The summed E-state index contributed by atoms with van der Waals surface area (Å²) in [5.74, 6) is 3.38. The average Bonchev–Trinajstić information content (AvgIpc) is 2.85. The second-order valence-corrected chi connectivity index (χ2v) is 8.84. The summed E-state index contributed by atoms with van der Waals surface area (Å²) in [6.07, 6.45) is 3.98. The van der Waals surface area contributed by atoms with E-state index in [2.05, 4.69) is 43.4 Å². The summed E-state index contributed by atoms with van der Waals surface area (Å²) in [7, 11) is 8.70. The predicted octanol–water partition coefficient (Wildman–Crippen LogP) is 4.57. The van der Waals surface area contributed by atoms with E-state index in [1.54, 1.807) is 28.4 Å². The minimum absolute atomic E-state index is 0.141. The Labute approximate surface area is 199 Å². The number of nitrogens with two attached hydrogens (primary N) is 1. The van der Waals surface area contributed by atoms with Crippen LogP contribution >= 0.6 is 0 Å². The third-order valence-corrected chi connectivity index (χ3v) is 7.00. The summed E-state index contributed by atoms with van der Waals surface area (Å²) in [5, 5.41) is 3.51. The summed E-state index contributed by atoms with van der Waals surface area (Å²) >= 11 is 0. The molecule has 0 fully saturated rings. The molecule has 2 rings (SSSR count). The van der Waals surface area contributed by atoms with E-state index < -0.39 is 0 Å². The minimum atomic E-state index is -0.141. The number of hydrogen-bond donors (Lipinski definition) is 2. The van der Waals surface area contributed by atoms with Gasteiger partial charge in [-0.25, -0.2) is 0 Å². The molecule has 0 saturated heterocycles. The van der Waals surface area contributed by atoms with Crippen LogP contribution in [0.15, 0.2) is 36.4 Å². The molecule has 0 aliphatic rings. The van der Waals surface area contributed by atoms with Crippen molar-refractivity contribution in [3.63, 3.8) is 0 Å². The molecule has 2 aromatic rings. The number of ether oxygens (including phenoxy) is 4. The number of methoxy groups -OCH3 is 4. The van der Waals surface area contributed by atoms with Gasteiger partial charge in [0.25, 0.3) is 0 Å². The Morgan fingerprint density at radius 3 is 1.91 bits per heavy atom. The number of nitrogens with one attached hydrogen (secondary N) is 1. The lowest BCUT2D eigenvalue weighted by atomic mass is 9.68. The normalized spacial score (nSPS) is 14.0. The maximum Gasteiger partial charge on any atom is 0.161 e. The van der Waals surface area contributed by atoms with Gasteiger partial charge in [0.2, 0.25) is 0 Å². The third kappa shape index (κ3) is 6.33. The fourth-order valence-corrected chi connectivity index (χ4v) is 4.61. The Balaban J connectivity index is 2.16. The molecule has 2 unspecified atom stereocenters. The zero-order valence-electron chi connectivity index (χ0n) is 21.4. The highest BCUT2D eigenvalue weighted by molar-refractivity contribution is 5.46. The van der Waals surface area contributed by atoms with Crippen molar-refractivity contribution in [2.24, 2.45) is 11.7 Å². The molecule has 2 atom stereocenters. The Bertz CT molecular complexity index is 871. The largest absolute Gasteiger partial charge is 0.493 e. The van der Waals surface area contributed by atoms with E-state index >= 15 is 0 Å². The van der Waals surface area contributed by atoms with Crippen LogP contribution in [0, 0.1) is 5.92 Å². The Hall–Kier alpha value is -2.44. The number of rotatable bonds is 14. The highest BCUT2D eigenvalue weighted by Gasteiger charge is 2.35. The van der Waals surface area contributed by atoms with Gasteiger partial charge < -0.3 is 30.0 Å². The molecule has 184 valence electrons. The molecule has 0 amide bonds. The Morgan fingerprint density at radius 2 is 1.39 bits per heavy atom. The van der Waals surface area contributed by atoms with Crippen molar-refractivity contribution < 1.29 is 18.9 Å². The second-order valence-electron chi connectivity index (χ2n) is 8.84. The molecule has 0 bridgehead atoms. The van der Waals surface area contributed by atoms with Crippen molar-refractivity contribution in [2.75, 3.05) is 42.0 Å². The van der Waals surface area contributed by atoms with Gasteiger partial charge in [-0.1, -0.05) is 26.0 Å². The van der Waals surface area contributed by atoms with Gasteiger partial charge in [0.1, 0.15) is 0 Å². The zero-order valence-corrected chi connectivity index (χ0v) is 21.4. The van der Waals surface area contributed by atoms with Gasteiger partial charge >= 0.3 is 0 Å². The van der Waals surface area contributed by atoms with E-state index in [-0.39, 0.29) is 5.41 Å². The standard InChI is InChI=1S/C27H42N2O4/c1-19(2)27(18-28,21-10-13-24(31-5)26(17-21)33-7)15-14-22(29-3)11-8-20-9-12-23(30-4)25(16-20)32-6/h9-10,12-13,16-17,19,22,29H,8,11,14-15,18,28H2,1-7H3. The molecule has 0 aliphatic carbocycles. The van der Waals surface area contributed by atoms with Gasteiger partial charge in [0, 0.05) is 18.0 Å². The molecular weight excluding hydrogens is 416 g/mol.